The number of aromatic hydroxyl groups is 1. The van der Waals surface area contributed by atoms with E-state index in [0.717, 1.165) is 16.4 Å². The van der Waals surface area contributed by atoms with E-state index in [2.05, 4.69) is 20.2 Å². The van der Waals surface area contributed by atoms with Gasteiger partial charge in [-0.3, -0.25) is 24.8 Å². The summed E-state index contributed by atoms with van der Waals surface area (Å²) in [6, 6.07) is 16.9. The fraction of sp³-hybridized carbons (Fsp3) is 0.214. The molecule has 2 N–H and O–H groups in total. The number of aromatic nitrogens is 2. The number of nitrogens with zero attached hydrogens (tertiary/aromatic N) is 5. The van der Waals surface area contributed by atoms with Crippen LogP contribution in [0.3, 0.4) is 0 Å². The minimum Gasteiger partial charge on any atom is -0.507 e. The fourth-order valence-corrected chi connectivity index (χ4v) is 7.51. The number of phenols is 1. The number of amides is 1. The second-order valence-corrected chi connectivity index (χ2v) is 11.6. The number of likely N-dealkylation sites (N-methyl/N-ethyl adjacent to an activating group) is 1. The summed E-state index contributed by atoms with van der Waals surface area (Å²) in [4.78, 5) is 39.9. The molecule has 11 nitrogen and oxygen atoms in total. The normalized spacial score (nSPS) is 21.0. The molecule has 0 bridgehead atoms. The number of aliphatic imine (C=N–C) groups is 1. The number of thioether (sulfide) groups is 2. The molecule has 2 aromatic heterocycles. The van der Waals surface area contributed by atoms with E-state index in [1.54, 1.807) is 41.7 Å². The maximum Gasteiger partial charge on any atom is 0.433 e. The molecule has 1 fully saturated rings. The predicted octanol–water partition coefficient (Wildman–Crippen LogP) is 4.88. The summed E-state index contributed by atoms with van der Waals surface area (Å²) in [7, 11) is 1.93. The number of nitrogens with one attached hydrogen (secondary N) is 1. The number of anilines is 1. The molecule has 1 amide bonds. The molecule has 41 heavy (non-hydrogen) atoms. The van der Waals surface area contributed by atoms with Gasteiger partial charge in [-0.25, -0.2) is 9.97 Å². The van der Waals surface area contributed by atoms with E-state index >= 15 is 0 Å². The van der Waals surface area contributed by atoms with Crippen molar-refractivity contribution in [3.05, 3.63) is 87.9 Å². The average Bonchev–Trinajstić information content (AvgIpc) is 3.72. The zero-order valence-corrected chi connectivity index (χ0v) is 23.3. The van der Waals surface area contributed by atoms with Crippen LogP contribution in [0.4, 0.5) is 11.7 Å². The first-order valence-electron chi connectivity index (χ1n) is 12.7. The van der Waals surface area contributed by atoms with E-state index in [1.165, 1.54) is 18.2 Å². The van der Waals surface area contributed by atoms with Crippen molar-refractivity contribution < 1.29 is 19.2 Å². The first-order chi connectivity index (χ1) is 19.9. The van der Waals surface area contributed by atoms with Crippen LogP contribution in [-0.4, -0.2) is 71.9 Å². The third-order valence-corrected chi connectivity index (χ3v) is 9.41. The second-order valence-electron chi connectivity index (χ2n) is 9.44. The Morgan fingerprint density at radius 3 is 2.73 bits per heavy atom. The number of rotatable bonds is 7. The number of nitro groups is 1. The molecular weight excluding hydrogens is 564 g/mol. The van der Waals surface area contributed by atoms with Crippen molar-refractivity contribution in [2.45, 2.75) is 17.5 Å². The van der Waals surface area contributed by atoms with Gasteiger partial charge in [-0.05, 0) is 49.5 Å². The lowest BCUT2D eigenvalue weighted by Crippen LogP contribution is -2.45. The molecule has 6 rings (SSSR count). The van der Waals surface area contributed by atoms with Crippen molar-refractivity contribution in [3.63, 3.8) is 0 Å². The van der Waals surface area contributed by atoms with Crippen molar-refractivity contribution in [2.75, 3.05) is 23.9 Å². The largest absolute Gasteiger partial charge is 0.507 e. The van der Waals surface area contributed by atoms with Gasteiger partial charge in [0.05, 0.1) is 29.0 Å². The van der Waals surface area contributed by atoms with E-state index < -0.39 is 11.0 Å². The van der Waals surface area contributed by atoms with Crippen LogP contribution in [0.2, 0.25) is 0 Å². The molecular formula is C28H24N6O5S2. The van der Waals surface area contributed by atoms with Crippen LogP contribution in [0.5, 0.6) is 5.75 Å². The standard InChI is InChI=1S/C28H24N6O5S2/c1-33-21(15-41-28(33)20-14-40-27(30-20)18-7-3-5-9-22(18)35)26(36)32-25-17-6-2-4-8-19(17)29-23(31-25)12-10-16-11-13-24(39-16)34(37)38/h2-13,20-21,28,35H,14-15H2,1H3,(H,29,31,32,36). The molecule has 208 valence electrons. The van der Waals surface area contributed by atoms with Crippen LogP contribution >= 0.6 is 23.5 Å². The van der Waals surface area contributed by atoms with Crippen LogP contribution in [-0.2, 0) is 4.79 Å². The van der Waals surface area contributed by atoms with Crippen molar-refractivity contribution in [2.24, 2.45) is 4.99 Å². The summed E-state index contributed by atoms with van der Waals surface area (Å²) in [5.74, 6) is 2.02. The molecule has 2 aromatic carbocycles. The molecule has 2 aliphatic rings. The molecule has 3 atom stereocenters. The van der Waals surface area contributed by atoms with E-state index in [-0.39, 0.29) is 34.7 Å². The molecule has 0 radical (unpaired) electrons. The van der Waals surface area contributed by atoms with Crippen LogP contribution in [0.25, 0.3) is 23.1 Å². The smallest absolute Gasteiger partial charge is 0.433 e. The Hall–Kier alpha value is -4.20. The van der Waals surface area contributed by atoms with Crippen LogP contribution in [0.1, 0.15) is 17.1 Å². The number of furan rings is 1. The number of fused-ring (bicyclic) bond motifs is 1. The lowest BCUT2D eigenvalue weighted by Gasteiger charge is -2.26. The van der Waals surface area contributed by atoms with Crippen molar-refractivity contribution in [3.8, 4) is 5.75 Å². The summed E-state index contributed by atoms with van der Waals surface area (Å²) >= 11 is 3.31. The zero-order valence-electron chi connectivity index (χ0n) is 21.7. The lowest BCUT2D eigenvalue weighted by molar-refractivity contribution is -0.402. The summed E-state index contributed by atoms with van der Waals surface area (Å²) in [5, 5.41) is 25.6. The Morgan fingerprint density at radius 2 is 1.93 bits per heavy atom. The number of carbonyl (C=O) groups is 1. The molecule has 1 saturated heterocycles. The summed E-state index contributed by atoms with van der Waals surface area (Å²) in [6.45, 7) is 0. The van der Waals surface area contributed by atoms with E-state index in [1.807, 2.05) is 43.4 Å². The summed E-state index contributed by atoms with van der Waals surface area (Å²) < 4.78 is 5.18. The van der Waals surface area contributed by atoms with Gasteiger partial charge in [-0.1, -0.05) is 24.3 Å². The number of carbonyl (C=O) groups excluding carboxylic acids is 1. The fourth-order valence-electron chi connectivity index (χ4n) is 4.73. The third-order valence-electron chi connectivity index (χ3n) is 6.81. The van der Waals surface area contributed by atoms with Gasteiger partial charge in [0.1, 0.15) is 27.3 Å². The quantitative estimate of drug-likeness (QED) is 0.226. The molecule has 0 saturated carbocycles. The highest BCUT2D eigenvalue weighted by Gasteiger charge is 2.42. The Labute approximate surface area is 242 Å². The summed E-state index contributed by atoms with van der Waals surface area (Å²) in [5.41, 5.74) is 1.37. The molecule has 0 aliphatic carbocycles. The average molecular weight is 589 g/mol. The van der Waals surface area contributed by atoms with Gasteiger partial charge in [-0.2, -0.15) is 0 Å². The molecule has 4 heterocycles. The first-order valence-corrected chi connectivity index (χ1v) is 14.7. The number of para-hydroxylation sites is 2. The van der Waals surface area contributed by atoms with Crippen LogP contribution in [0, 0.1) is 10.1 Å². The summed E-state index contributed by atoms with van der Waals surface area (Å²) in [6.07, 6.45) is 3.12. The molecule has 13 heteroatoms. The second kappa shape index (κ2) is 11.4. The highest BCUT2D eigenvalue weighted by Crippen LogP contribution is 2.38. The highest BCUT2D eigenvalue weighted by atomic mass is 32.2. The molecule has 0 spiro atoms. The van der Waals surface area contributed by atoms with E-state index in [9.17, 15) is 20.0 Å². The maximum absolute atomic E-state index is 13.5. The SMILES string of the molecule is CN1C(C(=O)Nc2nc(C=Cc3ccc([N+](=O)[O-])o3)nc3ccccc23)CSC1C1CSC(c2ccccc2O)=N1. The Balaban J connectivity index is 1.19. The van der Waals surface area contributed by atoms with E-state index in [4.69, 9.17) is 9.41 Å². The van der Waals surface area contributed by atoms with Crippen molar-refractivity contribution >= 4 is 69.2 Å². The van der Waals surface area contributed by atoms with Crippen molar-refractivity contribution in [1.29, 1.82) is 0 Å². The van der Waals surface area contributed by atoms with Gasteiger partial charge in [0.25, 0.3) is 0 Å². The monoisotopic (exact) mass is 588 g/mol. The van der Waals surface area contributed by atoms with Gasteiger partial charge in [0.15, 0.2) is 5.82 Å². The van der Waals surface area contributed by atoms with Gasteiger partial charge in [-0.15, -0.1) is 23.5 Å². The molecule has 2 aliphatic heterocycles. The minimum atomic E-state index is -0.606. The number of hydrogen-bond acceptors (Lipinski definition) is 11. The lowest BCUT2D eigenvalue weighted by atomic mass is 10.2. The molecule has 3 unspecified atom stereocenters. The minimum absolute atomic E-state index is 0.0135. The Morgan fingerprint density at radius 1 is 1.12 bits per heavy atom. The van der Waals surface area contributed by atoms with Crippen LogP contribution in [0.15, 0.2) is 70.1 Å². The van der Waals surface area contributed by atoms with Gasteiger partial charge < -0.3 is 14.8 Å². The topological polar surface area (TPSA) is 147 Å². The number of benzene rings is 2. The van der Waals surface area contributed by atoms with Crippen molar-refractivity contribution in [1.82, 2.24) is 14.9 Å². The highest BCUT2D eigenvalue weighted by molar-refractivity contribution is 8.14. The number of hydrogen-bond donors (Lipinski definition) is 2. The third kappa shape index (κ3) is 5.56. The zero-order chi connectivity index (χ0) is 28.5. The predicted molar refractivity (Wildman–Crippen MR) is 161 cm³/mol. The van der Waals surface area contributed by atoms with E-state index in [0.29, 0.717) is 28.3 Å². The Kier molecular flexibility index (Phi) is 7.47. The van der Waals surface area contributed by atoms with Gasteiger partial charge in [0.2, 0.25) is 5.91 Å². The molecule has 4 aromatic rings. The first kappa shape index (κ1) is 27.0. The maximum atomic E-state index is 13.5. The Bertz CT molecular complexity index is 1710. The van der Waals surface area contributed by atoms with Gasteiger partial charge >= 0.3 is 5.88 Å². The van der Waals surface area contributed by atoms with Crippen LogP contribution < -0.4 is 5.32 Å². The number of phenolic OH excluding ortho intramolecular Hbond substituents is 1. The van der Waals surface area contributed by atoms with Gasteiger partial charge in [0, 0.05) is 22.5 Å².